The normalized spacial score (nSPS) is 12.0. The number of benzene rings is 1. The molecule has 0 amide bonds. The second-order valence-corrected chi connectivity index (χ2v) is 3.58. The van der Waals surface area contributed by atoms with Crippen LogP contribution in [-0.4, -0.2) is 6.54 Å². The van der Waals surface area contributed by atoms with E-state index in [1.54, 1.807) is 6.07 Å². The van der Waals surface area contributed by atoms with E-state index in [9.17, 15) is 13.2 Å². The molecule has 0 saturated carbocycles. The molecule has 0 aliphatic heterocycles. The van der Waals surface area contributed by atoms with Crippen LogP contribution in [0.4, 0.5) is 24.5 Å². The zero-order valence-electron chi connectivity index (χ0n) is 9.51. The first-order valence-electron chi connectivity index (χ1n) is 5.27. The minimum Gasteiger partial charge on any atom is -0.398 e. The van der Waals surface area contributed by atoms with Crippen LogP contribution in [0.15, 0.2) is 30.4 Å². The van der Waals surface area contributed by atoms with Gasteiger partial charge in [0.2, 0.25) is 0 Å². The average Bonchev–Trinajstić information content (AvgIpc) is 2.25. The fourth-order valence-electron chi connectivity index (χ4n) is 1.38. The number of nitrogens with one attached hydrogen (secondary N) is 1. The Balaban J connectivity index is 2.75. The second-order valence-electron chi connectivity index (χ2n) is 3.58. The topological polar surface area (TPSA) is 38.0 Å². The molecular formula is C12H15F3N2. The molecule has 1 aromatic carbocycles. The highest BCUT2D eigenvalue weighted by Crippen LogP contribution is 2.35. The van der Waals surface area contributed by atoms with Gasteiger partial charge in [-0.25, -0.2) is 0 Å². The number of rotatable bonds is 4. The van der Waals surface area contributed by atoms with E-state index in [4.69, 9.17) is 5.73 Å². The van der Waals surface area contributed by atoms with Crippen molar-refractivity contribution in [2.24, 2.45) is 0 Å². The van der Waals surface area contributed by atoms with E-state index in [1.165, 1.54) is 6.07 Å². The van der Waals surface area contributed by atoms with E-state index >= 15 is 0 Å². The lowest BCUT2D eigenvalue weighted by Crippen LogP contribution is -2.10. The third-order valence-corrected chi connectivity index (χ3v) is 2.23. The number of allylic oxidation sites excluding steroid dienone is 1. The standard InChI is InChI=1S/C12H15F3N2/c1-2-3-4-7-17-9-5-6-11(16)10(8-9)12(13,14)15/h2-3,5-6,8,17H,4,7,16H2,1H3/b3-2+. The van der Waals surface area contributed by atoms with Gasteiger partial charge in [-0.2, -0.15) is 13.2 Å². The van der Waals surface area contributed by atoms with Gasteiger partial charge in [0.1, 0.15) is 0 Å². The monoisotopic (exact) mass is 244 g/mol. The van der Waals surface area contributed by atoms with E-state index in [1.807, 2.05) is 19.1 Å². The highest BCUT2D eigenvalue weighted by atomic mass is 19.4. The van der Waals surface area contributed by atoms with Crippen LogP contribution in [0.2, 0.25) is 0 Å². The first-order valence-corrected chi connectivity index (χ1v) is 5.27. The minimum atomic E-state index is -4.41. The molecule has 1 aromatic rings. The van der Waals surface area contributed by atoms with Gasteiger partial charge in [0.05, 0.1) is 5.56 Å². The van der Waals surface area contributed by atoms with Gasteiger partial charge in [0.15, 0.2) is 0 Å². The van der Waals surface area contributed by atoms with Crippen LogP contribution in [0.25, 0.3) is 0 Å². The van der Waals surface area contributed by atoms with Gasteiger partial charge in [-0.3, -0.25) is 0 Å². The number of alkyl halides is 3. The van der Waals surface area contributed by atoms with Crippen molar-refractivity contribution in [3.05, 3.63) is 35.9 Å². The van der Waals surface area contributed by atoms with Crippen LogP contribution in [0.3, 0.4) is 0 Å². The molecule has 3 N–H and O–H groups in total. The van der Waals surface area contributed by atoms with Crippen LogP contribution in [0.5, 0.6) is 0 Å². The Morgan fingerprint density at radius 1 is 1.35 bits per heavy atom. The number of halogens is 3. The van der Waals surface area contributed by atoms with Gasteiger partial charge in [-0.05, 0) is 31.5 Å². The molecule has 0 spiro atoms. The molecule has 0 aromatic heterocycles. The molecule has 0 heterocycles. The summed E-state index contributed by atoms with van der Waals surface area (Å²) in [5.41, 5.74) is 4.67. The van der Waals surface area contributed by atoms with Gasteiger partial charge in [-0.1, -0.05) is 12.2 Å². The number of nitrogens with two attached hydrogens (primary N) is 1. The predicted octanol–water partition coefficient (Wildman–Crippen LogP) is 3.67. The molecule has 1 rings (SSSR count). The lowest BCUT2D eigenvalue weighted by Gasteiger charge is -2.12. The van der Waals surface area contributed by atoms with Crippen molar-refractivity contribution in [3.8, 4) is 0 Å². The van der Waals surface area contributed by atoms with E-state index < -0.39 is 11.7 Å². The SMILES string of the molecule is C/C=C/CCNc1ccc(N)c(C(F)(F)F)c1. The summed E-state index contributed by atoms with van der Waals surface area (Å²) < 4.78 is 37.7. The lowest BCUT2D eigenvalue weighted by atomic mass is 10.1. The molecular weight excluding hydrogens is 229 g/mol. The molecule has 17 heavy (non-hydrogen) atoms. The zero-order valence-corrected chi connectivity index (χ0v) is 9.51. The Bertz CT molecular complexity index is 397. The summed E-state index contributed by atoms with van der Waals surface area (Å²) in [5, 5.41) is 2.91. The second kappa shape index (κ2) is 5.61. The van der Waals surface area contributed by atoms with Crippen molar-refractivity contribution in [1.82, 2.24) is 0 Å². The smallest absolute Gasteiger partial charge is 0.398 e. The summed E-state index contributed by atoms with van der Waals surface area (Å²) in [4.78, 5) is 0. The molecule has 0 atom stereocenters. The molecule has 0 fully saturated rings. The zero-order chi connectivity index (χ0) is 12.9. The Morgan fingerprint density at radius 2 is 2.06 bits per heavy atom. The summed E-state index contributed by atoms with van der Waals surface area (Å²) in [5.74, 6) is 0. The average molecular weight is 244 g/mol. The number of hydrogen-bond acceptors (Lipinski definition) is 2. The fraction of sp³-hybridized carbons (Fsp3) is 0.333. The van der Waals surface area contributed by atoms with Crippen molar-refractivity contribution in [2.45, 2.75) is 19.5 Å². The maximum absolute atomic E-state index is 12.6. The quantitative estimate of drug-likeness (QED) is 0.482. The molecule has 94 valence electrons. The summed E-state index contributed by atoms with van der Waals surface area (Å²) in [6, 6.07) is 3.84. The molecule has 0 bridgehead atoms. The highest BCUT2D eigenvalue weighted by molar-refractivity contribution is 5.58. The van der Waals surface area contributed by atoms with Crippen LogP contribution >= 0.6 is 0 Å². The number of nitrogen functional groups attached to an aromatic ring is 1. The van der Waals surface area contributed by atoms with Crippen LogP contribution in [-0.2, 0) is 6.18 Å². The van der Waals surface area contributed by atoms with E-state index in [0.717, 1.165) is 12.5 Å². The first kappa shape index (κ1) is 13.4. The van der Waals surface area contributed by atoms with Gasteiger partial charge < -0.3 is 11.1 Å². The van der Waals surface area contributed by atoms with E-state index in [0.29, 0.717) is 12.2 Å². The third kappa shape index (κ3) is 4.01. The lowest BCUT2D eigenvalue weighted by molar-refractivity contribution is -0.136. The Morgan fingerprint density at radius 3 is 2.65 bits per heavy atom. The molecule has 0 saturated heterocycles. The molecule has 0 aliphatic carbocycles. The number of anilines is 2. The van der Waals surface area contributed by atoms with Gasteiger partial charge in [0, 0.05) is 17.9 Å². The van der Waals surface area contributed by atoms with Gasteiger partial charge in [0.25, 0.3) is 0 Å². The highest BCUT2D eigenvalue weighted by Gasteiger charge is 2.33. The van der Waals surface area contributed by atoms with Crippen LogP contribution in [0, 0.1) is 0 Å². The Hall–Kier alpha value is -1.65. The number of hydrogen-bond donors (Lipinski definition) is 2. The Kier molecular flexibility index (Phi) is 4.43. The van der Waals surface area contributed by atoms with Crippen LogP contribution < -0.4 is 11.1 Å². The molecule has 0 aliphatic rings. The summed E-state index contributed by atoms with van der Waals surface area (Å²) in [6.07, 6.45) is 0.189. The molecule has 2 nitrogen and oxygen atoms in total. The minimum absolute atomic E-state index is 0.253. The predicted molar refractivity (Wildman–Crippen MR) is 63.8 cm³/mol. The fourth-order valence-corrected chi connectivity index (χ4v) is 1.38. The maximum atomic E-state index is 12.6. The van der Waals surface area contributed by atoms with Gasteiger partial charge in [-0.15, -0.1) is 0 Å². The summed E-state index contributed by atoms with van der Waals surface area (Å²) in [6.45, 7) is 2.48. The first-order chi connectivity index (χ1) is 7.95. The Labute approximate surface area is 98.3 Å². The largest absolute Gasteiger partial charge is 0.418 e. The van der Waals surface area contributed by atoms with Crippen molar-refractivity contribution >= 4 is 11.4 Å². The molecule has 5 heteroatoms. The van der Waals surface area contributed by atoms with Crippen LogP contribution in [0.1, 0.15) is 18.9 Å². The van der Waals surface area contributed by atoms with Crippen molar-refractivity contribution in [1.29, 1.82) is 0 Å². The third-order valence-electron chi connectivity index (χ3n) is 2.23. The van der Waals surface area contributed by atoms with Gasteiger partial charge >= 0.3 is 6.18 Å². The molecule has 0 unspecified atom stereocenters. The van der Waals surface area contributed by atoms with Crippen molar-refractivity contribution in [2.75, 3.05) is 17.6 Å². The molecule has 0 radical (unpaired) electrons. The summed E-state index contributed by atoms with van der Waals surface area (Å²) >= 11 is 0. The van der Waals surface area contributed by atoms with E-state index in [2.05, 4.69) is 5.32 Å². The van der Waals surface area contributed by atoms with Crippen molar-refractivity contribution in [3.63, 3.8) is 0 Å². The van der Waals surface area contributed by atoms with Crippen molar-refractivity contribution < 1.29 is 13.2 Å². The maximum Gasteiger partial charge on any atom is 0.418 e. The summed E-state index contributed by atoms with van der Waals surface area (Å²) in [7, 11) is 0. The van der Waals surface area contributed by atoms with E-state index in [-0.39, 0.29) is 5.69 Å².